The number of unbranched alkanes of at least 4 members (excludes halogenated alkanes) is 18. The van der Waals surface area contributed by atoms with Gasteiger partial charge in [-0.05, 0) is 38.5 Å². The van der Waals surface area contributed by atoms with E-state index >= 15 is 0 Å². The van der Waals surface area contributed by atoms with Gasteiger partial charge in [-0.3, -0.25) is 4.48 Å². The SMILES string of the molecule is CCCCCCCCCCC/C=C/CCCCCCCCCCC[N+](C(CC)C(=O)[O-])(C(CC)C(=O)O)C(CC)C(=O)O. The van der Waals surface area contributed by atoms with Crippen LogP contribution in [0.5, 0.6) is 0 Å². The number of quaternary nitrogens is 1. The lowest BCUT2D eigenvalue weighted by atomic mass is 9.93. The van der Waals surface area contributed by atoms with Crippen molar-refractivity contribution in [2.75, 3.05) is 6.54 Å². The van der Waals surface area contributed by atoms with Gasteiger partial charge in [0.15, 0.2) is 12.1 Å². The Bertz CT molecular complexity index is 697. The molecule has 0 fully saturated rings. The Labute approximate surface area is 264 Å². The second-order valence-corrected chi connectivity index (χ2v) is 12.5. The van der Waals surface area contributed by atoms with Crippen molar-refractivity contribution >= 4 is 17.9 Å². The monoisotopic (exact) mass is 609 g/mol. The summed E-state index contributed by atoms with van der Waals surface area (Å²) in [7, 11) is 0. The zero-order valence-electron chi connectivity index (χ0n) is 28.3. The molecular weight excluding hydrogens is 542 g/mol. The molecule has 0 aliphatic heterocycles. The van der Waals surface area contributed by atoms with E-state index in [4.69, 9.17) is 0 Å². The fourth-order valence-electron chi connectivity index (χ4n) is 6.96. The quantitative estimate of drug-likeness (QED) is 0.0463. The number of carbonyl (C=O) groups is 3. The number of nitrogens with zero attached hydrogens (tertiary/aromatic N) is 1. The fraction of sp³-hybridized carbons (Fsp3) is 0.861. The molecule has 43 heavy (non-hydrogen) atoms. The molecule has 0 aromatic carbocycles. The third kappa shape index (κ3) is 16.7. The summed E-state index contributed by atoms with van der Waals surface area (Å²) in [5.41, 5.74) is 0. The summed E-state index contributed by atoms with van der Waals surface area (Å²) in [6, 6.07) is -3.38. The van der Waals surface area contributed by atoms with Crippen molar-refractivity contribution in [2.45, 2.75) is 193 Å². The minimum absolute atomic E-state index is 0.130. The average molecular weight is 610 g/mol. The normalized spacial score (nSPS) is 15.3. The number of carbonyl (C=O) groups excluding carboxylic acids is 1. The van der Waals surface area contributed by atoms with E-state index in [0.29, 0.717) is 6.42 Å². The van der Waals surface area contributed by atoms with Gasteiger partial charge in [-0.2, -0.15) is 0 Å². The van der Waals surface area contributed by atoms with Gasteiger partial charge in [-0.1, -0.05) is 130 Å². The summed E-state index contributed by atoms with van der Waals surface area (Å²) < 4.78 is -0.468. The van der Waals surface area contributed by atoms with Crippen LogP contribution in [0, 0.1) is 0 Å². The molecule has 0 amide bonds. The Balaban J connectivity index is 4.32. The summed E-state index contributed by atoms with van der Waals surface area (Å²) >= 11 is 0. The van der Waals surface area contributed by atoms with Crippen molar-refractivity contribution in [3.63, 3.8) is 0 Å². The molecule has 0 aliphatic rings. The van der Waals surface area contributed by atoms with Crippen LogP contribution in [0.1, 0.15) is 175 Å². The van der Waals surface area contributed by atoms with Crippen molar-refractivity contribution in [3.05, 3.63) is 12.2 Å². The zero-order valence-corrected chi connectivity index (χ0v) is 28.3. The number of aliphatic carboxylic acids is 3. The molecule has 2 N–H and O–H groups in total. The third-order valence-corrected chi connectivity index (χ3v) is 9.30. The highest BCUT2D eigenvalue weighted by Crippen LogP contribution is 2.32. The van der Waals surface area contributed by atoms with Crippen molar-refractivity contribution in [2.24, 2.45) is 0 Å². The molecule has 0 heterocycles. The average Bonchev–Trinajstić information content (AvgIpc) is 2.96. The van der Waals surface area contributed by atoms with Gasteiger partial charge in [0.2, 0.25) is 0 Å². The highest BCUT2D eigenvalue weighted by molar-refractivity contribution is 5.77. The minimum Gasteiger partial charge on any atom is -0.544 e. The Morgan fingerprint density at radius 2 is 0.860 bits per heavy atom. The molecule has 3 atom stereocenters. The standard InChI is InChI=1S/C36H67NO6/c1-5-9-10-11-12-13-14-15-16-17-18-19-20-21-22-23-24-25-26-27-28-29-30-37(31(6-2)34(38)39,32(7-3)35(40)41)33(8-4)36(42)43/h18-19,31-33H,5-17,20-30H2,1-4H3,(H2-,38,39,40,41,42,43)/b19-18+. The van der Waals surface area contributed by atoms with Crippen LogP contribution in [0.3, 0.4) is 0 Å². The van der Waals surface area contributed by atoms with Crippen LogP contribution < -0.4 is 5.11 Å². The molecule has 0 aromatic heterocycles. The Kier molecular flexibility index (Phi) is 25.3. The van der Waals surface area contributed by atoms with Crippen LogP contribution >= 0.6 is 0 Å². The number of allylic oxidation sites excluding steroid dienone is 2. The molecule has 7 nitrogen and oxygen atoms in total. The van der Waals surface area contributed by atoms with Crippen LogP contribution in [0.15, 0.2) is 12.2 Å². The van der Waals surface area contributed by atoms with E-state index in [1.807, 2.05) is 0 Å². The van der Waals surface area contributed by atoms with Gasteiger partial charge in [0.05, 0.1) is 12.5 Å². The molecule has 0 saturated carbocycles. The number of rotatable bonds is 31. The molecule has 0 aliphatic carbocycles. The highest BCUT2D eigenvalue weighted by atomic mass is 16.4. The Morgan fingerprint density at radius 1 is 0.535 bits per heavy atom. The van der Waals surface area contributed by atoms with E-state index in [2.05, 4.69) is 19.1 Å². The van der Waals surface area contributed by atoms with Crippen LogP contribution in [0.2, 0.25) is 0 Å². The second-order valence-electron chi connectivity index (χ2n) is 12.5. The first kappa shape index (κ1) is 41.1. The molecule has 0 rings (SSSR count). The van der Waals surface area contributed by atoms with Gasteiger partial charge in [-0.25, -0.2) is 9.59 Å². The van der Waals surface area contributed by atoms with E-state index in [-0.39, 0.29) is 25.8 Å². The van der Waals surface area contributed by atoms with Crippen molar-refractivity contribution < 1.29 is 34.2 Å². The summed E-state index contributed by atoms with van der Waals surface area (Å²) in [6.07, 6.45) is 29.6. The van der Waals surface area contributed by atoms with Crippen LogP contribution in [-0.4, -0.2) is 57.3 Å². The second kappa shape index (κ2) is 26.5. The third-order valence-electron chi connectivity index (χ3n) is 9.30. The van der Waals surface area contributed by atoms with E-state index in [1.54, 1.807) is 20.8 Å². The number of carboxylic acid groups (broad SMARTS) is 3. The smallest absolute Gasteiger partial charge is 0.362 e. The largest absolute Gasteiger partial charge is 0.544 e. The van der Waals surface area contributed by atoms with Gasteiger partial charge in [0, 0.05) is 19.3 Å². The molecule has 3 unspecified atom stereocenters. The molecular formula is C36H67NO6. The molecule has 7 heteroatoms. The maximum Gasteiger partial charge on any atom is 0.362 e. The van der Waals surface area contributed by atoms with Crippen molar-refractivity contribution in [3.8, 4) is 0 Å². The van der Waals surface area contributed by atoms with Crippen LogP contribution in [-0.2, 0) is 14.4 Å². The summed E-state index contributed by atoms with van der Waals surface area (Å²) in [5, 5.41) is 32.2. The van der Waals surface area contributed by atoms with Gasteiger partial charge in [-0.15, -0.1) is 0 Å². The van der Waals surface area contributed by atoms with Crippen molar-refractivity contribution in [1.29, 1.82) is 0 Å². The molecule has 0 saturated heterocycles. The summed E-state index contributed by atoms with van der Waals surface area (Å²) in [5.74, 6) is -3.65. The van der Waals surface area contributed by atoms with Crippen LogP contribution in [0.25, 0.3) is 0 Å². The number of hydrogen-bond donors (Lipinski definition) is 2. The van der Waals surface area contributed by atoms with E-state index < -0.39 is 40.5 Å². The summed E-state index contributed by atoms with van der Waals surface area (Å²) in [6.45, 7) is 7.54. The van der Waals surface area contributed by atoms with Gasteiger partial charge in [0.1, 0.15) is 6.04 Å². The first-order valence-corrected chi connectivity index (χ1v) is 17.9. The maximum atomic E-state index is 12.3. The number of carboxylic acids is 3. The number of hydrogen-bond acceptors (Lipinski definition) is 4. The fourth-order valence-corrected chi connectivity index (χ4v) is 6.96. The molecule has 0 spiro atoms. The van der Waals surface area contributed by atoms with E-state index in [1.165, 1.54) is 96.3 Å². The Morgan fingerprint density at radius 3 is 1.16 bits per heavy atom. The highest BCUT2D eigenvalue weighted by Gasteiger charge is 2.53. The summed E-state index contributed by atoms with van der Waals surface area (Å²) in [4.78, 5) is 36.7. The lowest BCUT2D eigenvalue weighted by Gasteiger charge is -2.51. The molecule has 0 radical (unpaired) electrons. The predicted octanol–water partition coefficient (Wildman–Crippen LogP) is 8.44. The first-order valence-electron chi connectivity index (χ1n) is 17.9. The van der Waals surface area contributed by atoms with Gasteiger partial charge < -0.3 is 20.1 Å². The van der Waals surface area contributed by atoms with Crippen molar-refractivity contribution in [1.82, 2.24) is 0 Å². The van der Waals surface area contributed by atoms with Gasteiger partial charge in [0.25, 0.3) is 0 Å². The molecule has 252 valence electrons. The lowest BCUT2D eigenvalue weighted by Crippen LogP contribution is -2.73. The minimum atomic E-state index is -1.36. The van der Waals surface area contributed by atoms with E-state index in [0.717, 1.165) is 25.7 Å². The lowest BCUT2D eigenvalue weighted by molar-refractivity contribution is -0.974. The van der Waals surface area contributed by atoms with Crippen LogP contribution in [0.4, 0.5) is 0 Å². The first-order chi connectivity index (χ1) is 20.7. The topological polar surface area (TPSA) is 115 Å². The Hall–Kier alpha value is -1.89. The van der Waals surface area contributed by atoms with E-state index in [9.17, 15) is 29.7 Å². The molecule has 0 aromatic rings. The zero-order chi connectivity index (χ0) is 32.3. The molecule has 0 bridgehead atoms. The van der Waals surface area contributed by atoms with Gasteiger partial charge >= 0.3 is 11.9 Å². The predicted molar refractivity (Wildman–Crippen MR) is 175 cm³/mol. The maximum absolute atomic E-state index is 12.3.